The van der Waals surface area contributed by atoms with E-state index < -0.39 is 0 Å². The lowest BCUT2D eigenvalue weighted by Gasteiger charge is -2.39. The maximum atomic E-state index is 9.56. The molecule has 0 bridgehead atoms. The molecule has 96 valence electrons. The van der Waals surface area contributed by atoms with Crippen molar-refractivity contribution in [2.75, 3.05) is 0 Å². The average molecular weight is 263 g/mol. The Morgan fingerprint density at radius 2 is 2.00 bits per heavy atom. The minimum atomic E-state index is -0.236. The summed E-state index contributed by atoms with van der Waals surface area (Å²) in [5, 5.41) is 10.2. The standard InChI is InChI=1S/C15H19ClN2/c1-14(2)4-6-15(11-17,7-5-14)9-12-3-8-18-10-13(12)16/h3,8,10H,4-7,9H2,1-2H3. The maximum absolute atomic E-state index is 9.56. The fraction of sp³-hybridized carbons (Fsp3) is 0.600. The van der Waals surface area contributed by atoms with Crippen molar-refractivity contribution in [3.05, 3.63) is 29.0 Å². The molecule has 1 heterocycles. The summed E-state index contributed by atoms with van der Waals surface area (Å²) in [7, 11) is 0. The van der Waals surface area contributed by atoms with Gasteiger partial charge in [0, 0.05) is 12.4 Å². The van der Waals surface area contributed by atoms with E-state index in [-0.39, 0.29) is 5.41 Å². The summed E-state index contributed by atoms with van der Waals surface area (Å²) < 4.78 is 0. The molecule has 1 fully saturated rings. The van der Waals surface area contributed by atoms with E-state index in [9.17, 15) is 5.26 Å². The predicted molar refractivity (Wildman–Crippen MR) is 73.2 cm³/mol. The minimum Gasteiger partial charge on any atom is -0.263 e. The fourth-order valence-corrected chi connectivity index (χ4v) is 2.83. The van der Waals surface area contributed by atoms with Gasteiger partial charge < -0.3 is 0 Å². The molecule has 0 unspecified atom stereocenters. The zero-order valence-corrected chi connectivity index (χ0v) is 11.8. The summed E-state index contributed by atoms with van der Waals surface area (Å²) in [6.07, 6.45) is 8.32. The number of hydrogen-bond donors (Lipinski definition) is 0. The number of pyridine rings is 1. The van der Waals surface area contributed by atoms with E-state index in [1.165, 1.54) is 0 Å². The molecular weight excluding hydrogens is 244 g/mol. The molecule has 0 saturated heterocycles. The second-order valence-electron chi connectivity index (χ2n) is 6.20. The van der Waals surface area contributed by atoms with Crippen LogP contribution in [-0.2, 0) is 6.42 Å². The summed E-state index contributed by atoms with van der Waals surface area (Å²) in [4.78, 5) is 3.99. The average Bonchev–Trinajstić information content (AvgIpc) is 2.35. The van der Waals surface area contributed by atoms with E-state index in [0.717, 1.165) is 37.7 Å². The molecule has 0 spiro atoms. The van der Waals surface area contributed by atoms with E-state index in [1.807, 2.05) is 6.07 Å². The number of halogens is 1. The highest BCUT2D eigenvalue weighted by Crippen LogP contribution is 2.46. The lowest BCUT2D eigenvalue weighted by molar-refractivity contribution is 0.146. The second-order valence-corrected chi connectivity index (χ2v) is 6.61. The quantitative estimate of drug-likeness (QED) is 0.793. The molecule has 1 aliphatic carbocycles. The van der Waals surface area contributed by atoms with Gasteiger partial charge in [0.25, 0.3) is 0 Å². The summed E-state index contributed by atoms with van der Waals surface area (Å²) in [6.45, 7) is 4.57. The van der Waals surface area contributed by atoms with Gasteiger partial charge in [-0.3, -0.25) is 4.98 Å². The van der Waals surface area contributed by atoms with Crippen LogP contribution < -0.4 is 0 Å². The molecule has 1 saturated carbocycles. The van der Waals surface area contributed by atoms with Gasteiger partial charge in [-0.05, 0) is 49.1 Å². The van der Waals surface area contributed by atoms with Crippen molar-refractivity contribution < 1.29 is 0 Å². The maximum Gasteiger partial charge on any atom is 0.0693 e. The van der Waals surface area contributed by atoms with Crippen molar-refractivity contribution in [3.8, 4) is 6.07 Å². The van der Waals surface area contributed by atoms with E-state index >= 15 is 0 Å². The Balaban J connectivity index is 2.16. The van der Waals surface area contributed by atoms with E-state index in [4.69, 9.17) is 11.6 Å². The van der Waals surface area contributed by atoms with Crippen molar-refractivity contribution in [1.29, 1.82) is 5.26 Å². The molecule has 2 rings (SSSR count). The number of nitriles is 1. The van der Waals surface area contributed by atoms with E-state index in [0.29, 0.717) is 10.4 Å². The van der Waals surface area contributed by atoms with Gasteiger partial charge in [-0.25, -0.2) is 0 Å². The van der Waals surface area contributed by atoms with Gasteiger partial charge in [0.05, 0.1) is 16.5 Å². The van der Waals surface area contributed by atoms with Gasteiger partial charge in [-0.2, -0.15) is 5.26 Å². The summed E-state index contributed by atoms with van der Waals surface area (Å²) in [5.74, 6) is 0. The fourth-order valence-electron chi connectivity index (χ4n) is 2.65. The van der Waals surface area contributed by atoms with Crippen LogP contribution in [0.2, 0.25) is 5.02 Å². The van der Waals surface area contributed by atoms with Crippen molar-refractivity contribution in [3.63, 3.8) is 0 Å². The highest BCUT2D eigenvalue weighted by atomic mass is 35.5. The predicted octanol–water partition coefficient (Wildman–Crippen LogP) is 4.39. The minimum absolute atomic E-state index is 0.236. The topological polar surface area (TPSA) is 36.7 Å². The summed E-state index contributed by atoms with van der Waals surface area (Å²) >= 11 is 6.15. The van der Waals surface area contributed by atoms with Gasteiger partial charge in [-0.15, -0.1) is 0 Å². The Morgan fingerprint density at radius 3 is 2.56 bits per heavy atom. The molecule has 0 aliphatic heterocycles. The number of hydrogen-bond acceptors (Lipinski definition) is 2. The van der Waals surface area contributed by atoms with Crippen molar-refractivity contribution in [2.24, 2.45) is 10.8 Å². The Bertz CT molecular complexity index is 464. The van der Waals surface area contributed by atoms with Gasteiger partial charge in [0.15, 0.2) is 0 Å². The lowest BCUT2D eigenvalue weighted by Crippen LogP contribution is -2.32. The van der Waals surface area contributed by atoms with E-state index in [1.54, 1.807) is 12.4 Å². The second kappa shape index (κ2) is 4.90. The first kappa shape index (κ1) is 13.4. The first-order chi connectivity index (χ1) is 8.46. The Morgan fingerprint density at radius 1 is 1.33 bits per heavy atom. The largest absolute Gasteiger partial charge is 0.263 e. The third kappa shape index (κ3) is 2.84. The van der Waals surface area contributed by atoms with Crippen LogP contribution in [-0.4, -0.2) is 4.98 Å². The van der Waals surface area contributed by atoms with Crippen LogP contribution in [0.4, 0.5) is 0 Å². The van der Waals surface area contributed by atoms with Crippen LogP contribution in [0.25, 0.3) is 0 Å². The normalized spacial score (nSPS) is 21.2. The van der Waals surface area contributed by atoms with Crippen LogP contribution in [0.15, 0.2) is 18.5 Å². The number of aromatic nitrogens is 1. The molecule has 0 amide bonds. The Kier molecular flexibility index (Phi) is 3.64. The van der Waals surface area contributed by atoms with Gasteiger partial charge in [-0.1, -0.05) is 25.4 Å². The first-order valence-corrected chi connectivity index (χ1v) is 6.84. The highest BCUT2D eigenvalue weighted by Gasteiger charge is 2.38. The molecule has 0 aromatic carbocycles. The molecule has 0 atom stereocenters. The number of rotatable bonds is 2. The van der Waals surface area contributed by atoms with Crippen LogP contribution in [0.5, 0.6) is 0 Å². The third-order valence-electron chi connectivity index (χ3n) is 4.18. The molecule has 18 heavy (non-hydrogen) atoms. The highest BCUT2D eigenvalue weighted by molar-refractivity contribution is 6.31. The molecule has 1 aliphatic rings. The molecule has 1 aromatic rings. The lowest BCUT2D eigenvalue weighted by atomic mass is 9.64. The van der Waals surface area contributed by atoms with Crippen LogP contribution >= 0.6 is 11.6 Å². The van der Waals surface area contributed by atoms with Gasteiger partial charge >= 0.3 is 0 Å². The smallest absolute Gasteiger partial charge is 0.0693 e. The van der Waals surface area contributed by atoms with Crippen molar-refractivity contribution in [2.45, 2.75) is 46.0 Å². The molecule has 0 N–H and O–H groups in total. The first-order valence-electron chi connectivity index (χ1n) is 6.46. The van der Waals surface area contributed by atoms with Crippen molar-refractivity contribution >= 4 is 11.6 Å². The van der Waals surface area contributed by atoms with E-state index in [2.05, 4.69) is 24.9 Å². The SMILES string of the molecule is CC1(C)CCC(C#N)(Cc2ccncc2Cl)CC1. The zero-order valence-electron chi connectivity index (χ0n) is 11.0. The number of nitrogens with zero attached hydrogens (tertiary/aromatic N) is 2. The van der Waals surface area contributed by atoms with Gasteiger partial charge in [0.2, 0.25) is 0 Å². The molecular formula is C15H19ClN2. The summed E-state index contributed by atoms with van der Waals surface area (Å²) in [6, 6.07) is 4.48. The Labute approximate surface area is 114 Å². The molecule has 3 heteroatoms. The van der Waals surface area contributed by atoms with Crippen LogP contribution in [0.3, 0.4) is 0 Å². The van der Waals surface area contributed by atoms with Crippen LogP contribution in [0.1, 0.15) is 45.1 Å². The Hall–Kier alpha value is -1.07. The van der Waals surface area contributed by atoms with Gasteiger partial charge in [0.1, 0.15) is 0 Å². The molecule has 2 nitrogen and oxygen atoms in total. The van der Waals surface area contributed by atoms with Crippen molar-refractivity contribution in [1.82, 2.24) is 4.98 Å². The van der Waals surface area contributed by atoms with Crippen LogP contribution in [0, 0.1) is 22.2 Å². The molecule has 0 radical (unpaired) electrons. The summed E-state index contributed by atoms with van der Waals surface area (Å²) in [5.41, 5.74) is 1.19. The molecule has 1 aromatic heterocycles. The third-order valence-corrected chi connectivity index (χ3v) is 4.52. The monoisotopic (exact) mass is 262 g/mol. The zero-order chi connectivity index (χ0) is 13.2.